The normalized spacial score (nSPS) is 10.2. The standard InChI is InChI=1S/C18H22FN3S/c1-3-22(17-9-7-14(2)8-10-17)12-11-20-18(23)21-16-6-4-5-15(19)13-16/h4-10,13H,3,11-12H2,1-2H3,(H2,20,21,23). The van der Waals surface area contributed by atoms with Crippen molar-refractivity contribution in [2.24, 2.45) is 0 Å². The Hall–Kier alpha value is -2.14. The molecule has 0 aromatic heterocycles. The summed E-state index contributed by atoms with van der Waals surface area (Å²) < 4.78 is 13.1. The fourth-order valence-corrected chi connectivity index (χ4v) is 2.49. The molecule has 0 spiro atoms. The molecule has 3 nitrogen and oxygen atoms in total. The van der Waals surface area contributed by atoms with Gasteiger partial charge in [-0.25, -0.2) is 4.39 Å². The van der Waals surface area contributed by atoms with E-state index >= 15 is 0 Å². The highest BCUT2D eigenvalue weighted by Gasteiger charge is 2.04. The number of halogens is 1. The van der Waals surface area contributed by atoms with Crippen LogP contribution >= 0.6 is 12.2 Å². The maximum atomic E-state index is 13.1. The van der Waals surface area contributed by atoms with Crippen LogP contribution < -0.4 is 15.5 Å². The van der Waals surface area contributed by atoms with Crippen LogP contribution in [0.3, 0.4) is 0 Å². The first-order valence-electron chi connectivity index (χ1n) is 7.70. The van der Waals surface area contributed by atoms with Crippen molar-refractivity contribution < 1.29 is 4.39 Å². The van der Waals surface area contributed by atoms with Crippen LogP contribution in [0.25, 0.3) is 0 Å². The van der Waals surface area contributed by atoms with Crippen molar-refractivity contribution in [3.8, 4) is 0 Å². The molecule has 2 N–H and O–H groups in total. The van der Waals surface area contributed by atoms with Crippen molar-refractivity contribution in [1.82, 2.24) is 5.32 Å². The molecule has 0 heterocycles. The number of hydrogen-bond donors (Lipinski definition) is 2. The van der Waals surface area contributed by atoms with Gasteiger partial charge < -0.3 is 15.5 Å². The summed E-state index contributed by atoms with van der Waals surface area (Å²) in [7, 11) is 0. The number of anilines is 2. The molecule has 0 radical (unpaired) electrons. The van der Waals surface area contributed by atoms with E-state index in [-0.39, 0.29) is 5.82 Å². The minimum absolute atomic E-state index is 0.283. The predicted molar refractivity (Wildman–Crippen MR) is 99.7 cm³/mol. The smallest absolute Gasteiger partial charge is 0.170 e. The number of rotatable bonds is 6. The molecule has 2 aromatic carbocycles. The van der Waals surface area contributed by atoms with E-state index in [0.717, 1.165) is 13.1 Å². The topological polar surface area (TPSA) is 27.3 Å². The Kier molecular flexibility index (Phi) is 6.35. The Labute approximate surface area is 142 Å². The van der Waals surface area contributed by atoms with E-state index in [1.807, 2.05) is 0 Å². The lowest BCUT2D eigenvalue weighted by Crippen LogP contribution is -2.36. The molecular formula is C18H22FN3S. The van der Waals surface area contributed by atoms with Gasteiger partial charge >= 0.3 is 0 Å². The molecular weight excluding hydrogens is 309 g/mol. The maximum Gasteiger partial charge on any atom is 0.170 e. The average molecular weight is 331 g/mol. The van der Waals surface area contributed by atoms with Gasteiger partial charge in [0.1, 0.15) is 5.82 Å². The highest BCUT2D eigenvalue weighted by molar-refractivity contribution is 7.80. The number of aryl methyl sites for hydroxylation is 1. The van der Waals surface area contributed by atoms with Crippen LogP contribution in [0, 0.1) is 12.7 Å². The maximum absolute atomic E-state index is 13.1. The molecule has 23 heavy (non-hydrogen) atoms. The van der Waals surface area contributed by atoms with Gasteiger partial charge in [0.2, 0.25) is 0 Å². The second-order valence-corrected chi connectivity index (χ2v) is 5.71. The van der Waals surface area contributed by atoms with Crippen molar-refractivity contribution in [2.45, 2.75) is 13.8 Å². The highest BCUT2D eigenvalue weighted by atomic mass is 32.1. The second kappa shape index (κ2) is 8.48. The summed E-state index contributed by atoms with van der Waals surface area (Å²) in [6, 6.07) is 14.7. The lowest BCUT2D eigenvalue weighted by Gasteiger charge is -2.24. The van der Waals surface area contributed by atoms with Crippen LogP contribution in [-0.2, 0) is 0 Å². The molecule has 0 aliphatic carbocycles. The third kappa shape index (κ3) is 5.53. The molecule has 0 saturated heterocycles. The van der Waals surface area contributed by atoms with E-state index in [1.54, 1.807) is 12.1 Å². The Morgan fingerprint density at radius 1 is 1.17 bits per heavy atom. The Bertz CT molecular complexity index is 643. The van der Waals surface area contributed by atoms with Crippen LogP contribution in [0.15, 0.2) is 48.5 Å². The van der Waals surface area contributed by atoms with Crippen molar-refractivity contribution in [3.05, 3.63) is 59.9 Å². The van der Waals surface area contributed by atoms with Gasteiger partial charge in [-0.15, -0.1) is 0 Å². The van der Waals surface area contributed by atoms with Crippen LogP contribution in [0.1, 0.15) is 12.5 Å². The molecule has 5 heteroatoms. The molecule has 0 unspecified atom stereocenters. The SMILES string of the molecule is CCN(CCNC(=S)Nc1cccc(F)c1)c1ccc(C)cc1. The fraction of sp³-hybridized carbons (Fsp3) is 0.278. The van der Waals surface area contributed by atoms with Gasteiger partial charge in [0.25, 0.3) is 0 Å². The molecule has 2 aromatic rings. The fourth-order valence-electron chi connectivity index (χ4n) is 2.27. The van der Waals surface area contributed by atoms with Gasteiger partial charge in [-0.05, 0) is 56.4 Å². The van der Waals surface area contributed by atoms with Crippen molar-refractivity contribution in [1.29, 1.82) is 0 Å². The van der Waals surface area contributed by atoms with E-state index in [2.05, 4.69) is 53.6 Å². The third-order valence-corrected chi connectivity index (χ3v) is 3.78. The first-order chi connectivity index (χ1) is 11.1. The summed E-state index contributed by atoms with van der Waals surface area (Å²) in [5.41, 5.74) is 3.10. The number of benzene rings is 2. The quantitative estimate of drug-likeness (QED) is 0.784. The highest BCUT2D eigenvalue weighted by Crippen LogP contribution is 2.14. The number of nitrogens with zero attached hydrogens (tertiary/aromatic N) is 1. The zero-order valence-electron chi connectivity index (χ0n) is 13.5. The summed E-state index contributed by atoms with van der Waals surface area (Å²) in [5, 5.41) is 6.63. The number of thiocarbonyl (C=S) groups is 1. The van der Waals surface area contributed by atoms with Gasteiger partial charge in [0.05, 0.1) is 0 Å². The van der Waals surface area contributed by atoms with Gasteiger partial charge in [-0.1, -0.05) is 23.8 Å². The zero-order chi connectivity index (χ0) is 16.7. The number of likely N-dealkylation sites (N-methyl/N-ethyl adjacent to an activating group) is 1. The van der Waals surface area contributed by atoms with E-state index in [0.29, 0.717) is 17.3 Å². The number of nitrogens with one attached hydrogen (secondary N) is 2. The third-order valence-electron chi connectivity index (χ3n) is 3.53. The minimum atomic E-state index is -0.283. The first-order valence-corrected chi connectivity index (χ1v) is 8.11. The van der Waals surface area contributed by atoms with Crippen molar-refractivity contribution in [2.75, 3.05) is 29.9 Å². The zero-order valence-corrected chi connectivity index (χ0v) is 14.3. The predicted octanol–water partition coefficient (Wildman–Crippen LogP) is 3.95. The Morgan fingerprint density at radius 2 is 1.91 bits per heavy atom. The molecule has 0 aliphatic heterocycles. The van der Waals surface area contributed by atoms with Gasteiger partial charge in [0.15, 0.2) is 5.11 Å². The largest absolute Gasteiger partial charge is 0.370 e. The number of hydrogen-bond acceptors (Lipinski definition) is 2. The van der Waals surface area contributed by atoms with E-state index < -0.39 is 0 Å². The molecule has 122 valence electrons. The monoisotopic (exact) mass is 331 g/mol. The Balaban J connectivity index is 1.80. The van der Waals surface area contributed by atoms with E-state index in [4.69, 9.17) is 12.2 Å². The lowest BCUT2D eigenvalue weighted by molar-refractivity contribution is 0.628. The first kappa shape index (κ1) is 17.2. The molecule has 0 atom stereocenters. The molecule has 2 rings (SSSR count). The molecule has 0 saturated carbocycles. The molecule has 0 fully saturated rings. The second-order valence-electron chi connectivity index (χ2n) is 5.31. The summed E-state index contributed by atoms with van der Waals surface area (Å²) >= 11 is 5.24. The summed E-state index contributed by atoms with van der Waals surface area (Å²) in [4.78, 5) is 2.28. The molecule has 0 bridgehead atoms. The molecule has 0 aliphatic rings. The van der Waals surface area contributed by atoms with Gasteiger partial charge in [0, 0.05) is 31.0 Å². The summed E-state index contributed by atoms with van der Waals surface area (Å²) in [6.07, 6.45) is 0. The summed E-state index contributed by atoms with van der Waals surface area (Å²) in [6.45, 7) is 6.68. The van der Waals surface area contributed by atoms with Gasteiger partial charge in [-0.3, -0.25) is 0 Å². The van der Waals surface area contributed by atoms with E-state index in [1.165, 1.54) is 23.4 Å². The summed E-state index contributed by atoms with van der Waals surface area (Å²) in [5.74, 6) is -0.283. The average Bonchev–Trinajstić information content (AvgIpc) is 2.53. The van der Waals surface area contributed by atoms with E-state index in [9.17, 15) is 4.39 Å². The van der Waals surface area contributed by atoms with Crippen LogP contribution in [0.2, 0.25) is 0 Å². The van der Waals surface area contributed by atoms with Crippen LogP contribution in [-0.4, -0.2) is 24.7 Å². The van der Waals surface area contributed by atoms with Crippen LogP contribution in [0.4, 0.5) is 15.8 Å². The van der Waals surface area contributed by atoms with Crippen molar-refractivity contribution in [3.63, 3.8) is 0 Å². The van der Waals surface area contributed by atoms with Gasteiger partial charge in [-0.2, -0.15) is 0 Å². The van der Waals surface area contributed by atoms with Crippen LogP contribution in [0.5, 0.6) is 0 Å². The molecule has 0 amide bonds. The van der Waals surface area contributed by atoms with Crippen molar-refractivity contribution >= 4 is 28.7 Å². The minimum Gasteiger partial charge on any atom is -0.370 e. The lowest BCUT2D eigenvalue weighted by atomic mass is 10.2. The Morgan fingerprint density at radius 3 is 2.57 bits per heavy atom.